The molecule has 1 aromatic carbocycles. The predicted octanol–water partition coefficient (Wildman–Crippen LogP) is 3.35. The molecule has 2 fully saturated rings. The van der Waals surface area contributed by atoms with Crippen molar-refractivity contribution < 1.29 is 0 Å². The Morgan fingerprint density at radius 3 is 2.84 bits per heavy atom. The minimum Gasteiger partial charge on any atom is -0.325 e. The van der Waals surface area contributed by atoms with Crippen LogP contribution in [0.15, 0.2) is 18.2 Å². The molecule has 1 saturated carbocycles. The van der Waals surface area contributed by atoms with Crippen LogP contribution in [0.1, 0.15) is 37.5 Å². The average Bonchev–Trinajstić information content (AvgIpc) is 3.03. The van der Waals surface area contributed by atoms with E-state index in [-0.39, 0.29) is 0 Å². The third kappa shape index (κ3) is 1.87. The highest BCUT2D eigenvalue weighted by atomic mass is 35.5. The molecule has 0 bridgehead atoms. The van der Waals surface area contributed by atoms with Gasteiger partial charge in [-0.15, -0.1) is 0 Å². The number of benzene rings is 1. The molecular formula is C15H18ClN3. The Kier molecular flexibility index (Phi) is 2.61. The highest BCUT2D eigenvalue weighted by Crippen LogP contribution is 2.42. The fourth-order valence-electron chi connectivity index (χ4n) is 3.22. The molecule has 2 atom stereocenters. The molecule has 2 heterocycles. The molecule has 19 heavy (non-hydrogen) atoms. The van der Waals surface area contributed by atoms with Gasteiger partial charge in [-0.3, -0.25) is 0 Å². The summed E-state index contributed by atoms with van der Waals surface area (Å²) in [4.78, 5) is 4.91. The monoisotopic (exact) mass is 275 g/mol. The third-order valence-corrected chi connectivity index (χ3v) is 4.68. The fraction of sp³-hybridized carbons (Fsp3) is 0.533. The molecule has 3 nitrogen and oxygen atoms in total. The van der Waals surface area contributed by atoms with Crippen LogP contribution in [0.2, 0.25) is 5.02 Å². The highest BCUT2D eigenvalue weighted by molar-refractivity contribution is 6.31. The van der Waals surface area contributed by atoms with Gasteiger partial charge in [0, 0.05) is 23.5 Å². The summed E-state index contributed by atoms with van der Waals surface area (Å²) in [5, 5.41) is 4.26. The summed E-state index contributed by atoms with van der Waals surface area (Å²) >= 11 is 6.10. The minimum absolute atomic E-state index is 0.534. The number of rotatable bonds is 2. The van der Waals surface area contributed by atoms with Gasteiger partial charge in [-0.1, -0.05) is 18.5 Å². The molecule has 0 spiro atoms. The molecule has 2 aromatic rings. The summed E-state index contributed by atoms with van der Waals surface area (Å²) in [5.74, 6) is 2.45. The van der Waals surface area contributed by atoms with Crippen LogP contribution in [0, 0.1) is 5.92 Å². The summed E-state index contributed by atoms with van der Waals surface area (Å²) in [7, 11) is 0. The summed E-state index contributed by atoms with van der Waals surface area (Å²) in [6.07, 6.45) is 2.57. The lowest BCUT2D eigenvalue weighted by Gasteiger charge is -2.16. The van der Waals surface area contributed by atoms with Gasteiger partial charge in [0.2, 0.25) is 0 Å². The second-order valence-electron chi connectivity index (χ2n) is 5.95. The van der Waals surface area contributed by atoms with Crippen LogP contribution in [0.3, 0.4) is 0 Å². The molecule has 100 valence electrons. The zero-order valence-electron chi connectivity index (χ0n) is 11.1. The van der Waals surface area contributed by atoms with E-state index >= 15 is 0 Å². The largest absolute Gasteiger partial charge is 0.325 e. The Hall–Kier alpha value is -1.06. The molecule has 4 heteroatoms. The maximum absolute atomic E-state index is 6.10. The number of aromatic nitrogens is 2. The van der Waals surface area contributed by atoms with Crippen LogP contribution in [0.4, 0.5) is 0 Å². The topological polar surface area (TPSA) is 29.9 Å². The number of imidazole rings is 1. The number of hydrogen-bond acceptors (Lipinski definition) is 2. The van der Waals surface area contributed by atoms with Crippen molar-refractivity contribution in [2.75, 3.05) is 13.1 Å². The van der Waals surface area contributed by atoms with Gasteiger partial charge in [0.25, 0.3) is 0 Å². The van der Waals surface area contributed by atoms with E-state index in [9.17, 15) is 0 Å². The van der Waals surface area contributed by atoms with E-state index in [0.29, 0.717) is 17.9 Å². The smallest absolute Gasteiger partial charge is 0.114 e. The Labute approximate surface area is 118 Å². The summed E-state index contributed by atoms with van der Waals surface area (Å²) in [6, 6.07) is 6.75. The Bertz CT molecular complexity index is 630. The Balaban J connectivity index is 1.91. The molecule has 4 rings (SSSR count). The van der Waals surface area contributed by atoms with Crippen molar-refractivity contribution in [2.45, 2.75) is 31.7 Å². The molecule has 1 saturated heterocycles. The van der Waals surface area contributed by atoms with Gasteiger partial charge in [-0.2, -0.15) is 0 Å². The van der Waals surface area contributed by atoms with Crippen LogP contribution in [0.5, 0.6) is 0 Å². The van der Waals surface area contributed by atoms with Crippen LogP contribution in [-0.4, -0.2) is 22.6 Å². The molecule has 1 N–H and O–H groups in total. The Morgan fingerprint density at radius 2 is 2.16 bits per heavy atom. The molecule has 1 aliphatic heterocycles. The molecular weight excluding hydrogens is 258 g/mol. The highest BCUT2D eigenvalue weighted by Gasteiger charge is 2.34. The van der Waals surface area contributed by atoms with Crippen LogP contribution in [0.25, 0.3) is 11.0 Å². The summed E-state index contributed by atoms with van der Waals surface area (Å²) in [6.45, 7) is 4.46. The van der Waals surface area contributed by atoms with Gasteiger partial charge in [0.15, 0.2) is 0 Å². The van der Waals surface area contributed by atoms with E-state index in [1.807, 2.05) is 12.1 Å². The number of halogens is 1. The van der Waals surface area contributed by atoms with E-state index in [4.69, 9.17) is 16.6 Å². The number of nitrogens with one attached hydrogen (secondary N) is 1. The molecule has 2 unspecified atom stereocenters. The quantitative estimate of drug-likeness (QED) is 0.911. The molecule has 1 aromatic heterocycles. The minimum atomic E-state index is 0.534. The zero-order valence-corrected chi connectivity index (χ0v) is 11.8. The summed E-state index contributed by atoms with van der Waals surface area (Å²) < 4.78 is 2.47. The van der Waals surface area contributed by atoms with Gasteiger partial charge < -0.3 is 9.88 Å². The lowest BCUT2D eigenvalue weighted by Crippen LogP contribution is -2.14. The van der Waals surface area contributed by atoms with Gasteiger partial charge in [-0.05, 0) is 43.5 Å². The SMILES string of the molecule is CC1CNCC1c1nc2cc(Cl)ccc2n1C1CC1. The van der Waals surface area contributed by atoms with E-state index in [1.54, 1.807) is 0 Å². The number of hydrogen-bond donors (Lipinski definition) is 1. The molecule has 2 aliphatic rings. The molecule has 1 aliphatic carbocycles. The standard InChI is InChI=1S/C15H18ClN3/c1-9-7-17-8-12(9)15-18-13-6-10(16)2-5-14(13)19(15)11-3-4-11/h2,5-6,9,11-12,17H,3-4,7-8H2,1H3. The first-order valence-corrected chi connectivity index (χ1v) is 7.50. The van der Waals surface area contributed by atoms with Crippen molar-refractivity contribution in [3.8, 4) is 0 Å². The third-order valence-electron chi connectivity index (χ3n) is 4.44. The van der Waals surface area contributed by atoms with E-state index < -0.39 is 0 Å². The van der Waals surface area contributed by atoms with Crippen LogP contribution >= 0.6 is 11.6 Å². The van der Waals surface area contributed by atoms with Crippen molar-refractivity contribution >= 4 is 22.6 Å². The van der Waals surface area contributed by atoms with Gasteiger partial charge >= 0.3 is 0 Å². The first-order chi connectivity index (χ1) is 9.24. The van der Waals surface area contributed by atoms with E-state index in [2.05, 4.69) is 22.9 Å². The predicted molar refractivity (Wildman–Crippen MR) is 77.8 cm³/mol. The average molecular weight is 276 g/mol. The summed E-state index contributed by atoms with van der Waals surface area (Å²) in [5.41, 5.74) is 2.30. The molecule has 0 amide bonds. The first-order valence-electron chi connectivity index (χ1n) is 7.12. The zero-order chi connectivity index (χ0) is 13.0. The van der Waals surface area contributed by atoms with Crippen LogP contribution < -0.4 is 5.32 Å². The van der Waals surface area contributed by atoms with Crippen molar-refractivity contribution in [1.29, 1.82) is 0 Å². The van der Waals surface area contributed by atoms with E-state index in [0.717, 1.165) is 23.6 Å². The lowest BCUT2D eigenvalue weighted by atomic mass is 9.97. The number of fused-ring (bicyclic) bond motifs is 1. The Morgan fingerprint density at radius 1 is 1.32 bits per heavy atom. The first kappa shape index (κ1) is 11.7. The fourth-order valence-corrected chi connectivity index (χ4v) is 3.39. The lowest BCUT2D eigenvalue weighted by molar-refractivity contribution is 0.519. The second-order valence-corrected chi connectivity index (χ2v) is 6.38. The van der Waals surface area contributed by atoms with Crippen molar-refractivity contribution in [1.82, 2.24) is 14.9 Å². The number of nitrogens with zero attached hydrogens (tertiary/aromatic N) is 2. The van der Waals surface area contributed by atoms with Crippen molar-refractivity contribution in [2.24, 2.45) is 5.92 Å². The second kappa shape index (κ2) is 4.22. The maximum atomic E-state index is 6.10. The normalized spacial score (nSPS) is 27.3. The van der Waals surface area contributed by atoms with Crippen LogP contribution in [-0.2, 0) is 0 Å². The molecule has 0 radical (unpaired) electrons. The van der Waals surface area contributed by atoms with Gasteiger partial charge in [-0.25, -0.2) is 4.98 Å². The maximum Gasteiger partial charge on any atom is 0.114 e. The van der Waals surface area contributed by atoms with Gasteiger partial charge in [0.1, 0.15) is 5.82 Å². The van der Waals surface area contributed by atoms with Crippen molar-refractivity contribution in [3.05, 3.63) is 29.0 Å². The van der Waals surface area contributed by atoms with Crippen molar-refractivity contribution in [3.63, 3.8) is 0 Å². The van der Waals surface area contributed by atoms with E-state index in [1.165, 1.54) is 24.2 Å². The van der Waals surface area contributed by atoms with Gasteiger partial charge in [0.05, 0.1) is 11.0 Å².